The number of hydrogen-bond donors (Lipinski definition) is 1. The summed E-state index contributed by atoms with van der Waals surface area (Å²) in [6, 6.07) is 9.45. The average Bonchev–Trinajstić information content (AvgIpc) is 3.08. The van der Waals surface area contributed by atoms with Gasteiger partial charge in [0.1, 0.15) is 0 Å². The molecule has 0 atom stereocenters. The number of aryl methyl sites for hydroxylation is 2. The molecule has 0 fully saturated rings. The van der Waals surface area contributed by atoms with Crippen molar-refractivity contribution in [3.63, 3.8) is 0 Å². The Morgan fingerprint density at radius 2 is 2.08 bits per heavy atom. The van der Waals surface area contributed by atoms with Crippen LogP contribution in [0, 0.1) is 18.8 Å². The van der Waals surface area contributed by atoms with Crippen LogP contribution in [-0.2, 0) is 6.54 Å². The maximum Gasteiger partial charge on any atom is 0.206 e. The molecule has 0 bridgehead atoms. The van der Waals surface area contributed by atoms with Crippen molar-refractivity contribution in [1.29, 1.82) is 0 Å². The molecule has 0 unspecified atom stereocenters. The van der Waals surface area contributed by atoms with Crippen LogP contribution in [0.1, 0.15) is 36.6 Å². The highest BCUT2D eigenvalue weighted by atomic mass is 15.6. The second-order valence-corrected chi connectivity index (χ2v) is 5.79. The predicted octanol–water partition coefficient (Wildman–Crippen LogP) is 2.83. The van der Waals surface area contributed by atoms with Crippen LogP contribution in [0.3, 0.4) is 0 Å². The fraction of sp³-hybridized carbons (Fsp3) is 0.263. The number of aromatic nitrogens is 5. The van der Waals surface area contributed by atoms with Crippen LogP contribution < -0.4 is 5.73 Å². The number of unbranched alkanes of at least 4 members (excludes halogenated alkanes) is 1. The predicted molar refractivity (Wildman–Crippen MR) is 97.5 cm³/mol. The number of nitrogens with zero attached hydrogens (tertiary/aromatic N) is 5. The van der Waals surface area contributed by atoms with Crippen molar-refractivity contribution >= 4 is 5.69 Å². The summed E-state index contributed by atoms with van der Waals surface area (Å²) in [5.41, 5.74) is 9.86. The van der Waals surface area contributed by atoms with Gasteiger partial charge in [-0.1, -0.05) is 31.3 Å². The normalized spacial score (nSPS) is 10.3. The summed E-state index contributed by atoms with van der Waals surface area (Å²) in [5, 5.41) is 12.6. The molecule has 2 N–H and O–H groups in total. The molecule has 0 saturated heterocycles. The molecule has 2 aromatic heterocycles. The van der Waals surface area contributed by atoms with Crippen molar-refractivity contribution in [2.24, 2.45) is 0 Å². The zero-order chi connectivity index (χ0) is 17.6. The third-order valence-electron chi connectivity index (χ3n) is 3.74. The number of anilines is 1. The molecule has 0 aliphatic carbocycles. The van der Waals surface area contributed by atoms with E-state index in [4.69, 9.17) is 5.73 Å². The summed E-state index contributed by atoms with van der Waals surface area (Å²) in [5.74, 6) is 6.84. The quantitative estimate of drug-likeness (QED) is 0.587. The minimum atomic E-state index is 0.565. The van der Waals surface area contributed by atoms with Gasteiger partial charge < -0.3 is 5.73 Å². The first kappa shape index (κ1) is 16.7. The number of nitrogens with two attached hydrogens (primary N) is 1. The first-order chi connectivity index (χ1) is 12.2. The number of nitrogen functional groups attached to an aromatic ring is 1. The highest BCUT2D eigenvalue weighted by Crippen LogP contribution is 2.16. The maximum absolute atomic E-state index is 5.79. The molecule has 1 aromatic carbocycles. The van der Waals surface area contributed by atoms with Gasteiger partial charge in [0.2, 0.25) is 5.82 Å². The molecule has 126 valence electrons. The van der Waals surface area contributed by atoms with Gasteiger partial charge in [0.25, 0.3) is 0 Å². The molecule has 3 rings (SSSR count). The highest BCUT2D eigenvalue weighted by molar-refractivity contribution is 5.58. The lowest BCUT2D eigenvalue weighted by Gasteiger charge is -2.00. The summed E-state index contributed by atoms with van der Waals surface area (Å²) < 4.78 is 0. The van der Waals surface area contributed by atoms with Gasteiger partial charge in [0.15, 0.2) is 0 Å². The summed E-state index contributed by atoms with van der Waals surface area (Å²) in [6.45, 7) is 4.83. The van der Waals surface area contributed by atoms with E-state index in [1.807, 2.05) is 37.3 Å². The van der Waals surface area contributed by atoms with Gasteiger partial charge in [-0.25, -0.2) is 0 Å². The van der Waals surface area contributed by atoms with Gasteiger partial charge in [-0.15, -0.1) is 10.2 Å². The van der Waals surface area contributed by atoms with Crippen LogP contribution >= 0.6 is 0 Å². The monoisotopic (exact) mass is 332 g/mol. The Balaban J connectivity index is 1.87. The van der Waals surface area contributed by atoms with E-state index in [0.29, 0.717) is 11.5 Å². The Hall–Kier alpha value is -3.20. The largest absolute Gasteiger partial charge is 0.399 e. The van der Waals surface area contributed by atoms with Crippen LogP contribution in [-0.4, -0.2) is 25.2 Å². The SMILES string of the molecule is CCCCn1nnc(-c2cnc(C)c(C#Cc3cccc(N)c3)c2)n1. The second-order valence-electron chi connectivity index (χ2n) is 5.79. The third kappa shape index (κ3) is 4.21. The number of benzene rings is 1. The number of hydrogen-bond acceptors (Lipinski definition) is 5. The molecule has 6 heteroatoms. The van der Waals surface area contributed by atoms with Crippen molar-refractivity contribution in [2.75, 3.05) is 5.73 Å². The molecule has 2 heterocycles. The first-order valence-electron chi connectivity index (χ1n) is 8.28. The Bertz CT molecular complexity index is 932. The van der Waals surface area contributed by atoms with Crippen LogP contribution in [0.25, 0.3) is 11.4 Å². The highest BCUT2D eigenvalue weighted by Gasteiger charge is 2.08. The first-order valence-corrected chi connectivity index (χ1v) is 8.28. The van der Waals surface area contributed by atoms with E-state index in [1.165, 1.54) is 0 Å². The third-order valence-corrected chi connectivity index (χ3v) is 3.74. The van der Waals surface area contributed by atoms with Gasteiger partial charge in [-0.2, -0.15) is 4.80 Å². The second kappa shape index (κ2) is 7.58. The maximum atomic E-state index is 5.79. The molecule has 6 nitrogen and oxygen atoms in total. The molecular formula is C19H20N6. The smallest absolute Gasteiger partial charge is 0.206 e. The molecule has 0 spiro atoms. The summed E-state index contributed by atoms with van der Waals surface area (Å²) in [7, 11) is 0. The summed E-state index contributed by atoms with van der Waals surface area (Å²) in [4.78, 5) is 6.03. The summed E-state index contributed by atoms with van der Waals surface area (Å²) in [6.07, 6.45) is 3.87. The molecule has 0 aliphatic heterocycles. The van der Waals surface area contributed by atoms with Gasteiger partial charge >= 0.3 is 0 Å². The van der Waals surface area contributed by atoms with E-state index >= 15 is 0 Å². The number of tetrazole rings is 1. The molecular weight excluding hydrogens is 312 g/mol. The molecule has 3 aromatic rings. The minimum absolute atomic E-state index is 0.565. The van der Waals surface area contributed by atoms with E-state index in [9.17, 15) is 0 Å². The van der Waals surface area contributed by atoms with E-state index in [-0.39, 0.29) is 0 Å². The van der Waals surface area contributed by atoms with Crippen LogP contribution in [0.5, 0.6) is 0 Å². The van der Waals surface area contributed by atoms with Gasteiger partial charge in [-0.3, -0.25) is 4.98 Å². The van der Waals surface area contributed by atoms with Crippen molar-refractivity contribution in [1.82, 2.24) is 25.2 Å². The fourth-order valence-electron chi connectivity index (χ4n) is 2.29. The van der Waals surface area contributed by atoms with Crippen molar-refractivity contribution in [3.05, 3.63) is 53.3 Å². The Morgan fingerprint density at radius 1 is 1.20 bits per heavy atom. The van der Waals surface area contributed by atoms with Crippen molar-refractivity contribution in [3.8, 4) is 23.2 Å². The number of rotatable bonds is 4. The molecule has 0 radical (unpaired) electrons. The fourth-order valence-corrected chi connectivity index (χ4v) is 2.29. The average molecular weight is 332 g/mol. The van der Waals surface area contributed by atoms with E-state index in [0.717, 1.165) is 41.8 Å². The zero-order valence-corrected chi connectivity index (χ0v) is 14.4. The molecule has 0 aliphatic rings. The van der Waals surface area contributed by atoms with E-state index in [1.54, 1.807) is 11.0 Å². The lowest BCUT2D eigenvalue weighted by atomic mass is 10.1. The zero-order valence-electron chi connectivity index (χ0n) is 14.4. The lowest BCUT2D eigenvalue weighted by molar-refractivity contribution is 0.496. The van der Waals surface area contributed by atoms with E-state index < -0.39 is 0 Å². The van der Waals surface area contributed by atoms with Gasteiger partial charge in [0, 0.05) is 28.6 Å². The Morgan fingerprint density at radius 3 is 2.88 bits per heavy atom. The molecule has 0 saturated carbocycles. The standard InChI is InChI=1S/C19H20N6/c1-3-4-10-25-23-19(22-24-25)17-12-16(14(2)21-13-17)9-8-15-6-5-7-18(20)11-15/h5-7,11-13H,3-4,10,20H2,1-2H3. The Kier molecular flexibility index (Phi) is 5.05. The van der Waals surface area contributed by atoms with Crippen molar-refractivity contribution < 1.29 is 0 Å². The minimum Gasteiger partial charge on any atom is -0.399 e. The van der Waals surface area contributed by atoms with Gasteiger partial charge in [0.05, 0.1) is 12.2 Å². The molecule has 25 heavy (non-hydrogen) atoms. The molecule has 0 amide bonds. The van der Waals surface area contributed by atoms with Crippen LogP contribution in [0.2, 0.25) is 0 Å². The van der Waals surface area contributed by atoms with Crippen LogP contribution in [0.15, 0.2) is 36.5 Å². The lowest BCUT2D eigenvalue weighted by Crippen LogP contribution is -2.02. The van der Waals surface area contributed by atoms with Crippen molar-refractivity contribution in [2.45, 2.75) is 33.2 Å². The summed E-state index contributed by atoms with van der Waals surface area (Å²) >= 11 is 0. The van der Waals surface area contributed by atoms with E-state index in [2.05, 4.69) is 39.2 Å². The number of pyridine rings is 1. The van der Waals surface area contributed by atoms with Crippen LogP contribution in [0.4, 0.5) is 5.69 Å². The Labute approximate surface area is 147 Å². The topological polar surface area (TPSA) is 82.5 Å². The van der Waals surface area contributed by atoms with Gasteiger partial charge in [-0.05, 0) is 42.8 Å².